The average Bonchev–Trinajstić information content (AvgIpc) is 3.50. The molecule has 3 atom stereocenters. The van der Waals surface area contributed by atoms with Gasteiger partial charge in [-0.1, -0.05) is 56.5 Å². The van der Waals surface area contributed by atoms with E-state index in [9.17, 15) is 9.59 Å². The highest BCUT2D eigenvalue weighted by atomic mass is 16.6. The summed E-state index contributed by atoms with van der Waals surface area (Å²) in [6, 6.07) is 9.53. The maximum atomic E-state index is 12.1. The van der Waals surface area contributed by atoms with E-state index in [1.807, 2.05) is 34.9 Å². The lowest BCUT2D eigenvalue weighted by molar-refractivity contribution is -0.147. The molecule has 3 aromatic rings. The van der Waals surface area contributed by atoms with Crippen molar-refractivity contribution in [1.82, 2.24) is 19.5 Å². The second-order valence-corrected chi connectivity index (χ2v) is 10.3. The Morgan fingerprint density at radius 1 is 1.18 bits per heavy atom. The SMILES string of the molecule is CNc1nc(N)nc2c1ncn2C1OC(COC(=O)Cc2ccccc2)CC1C.O=C(O)CC1CCCCC1. The number of hydrogen-bond donors (Lipinski definition) is 3. The standard InChI is InChI=1S/C20H24N6O3.C8H14O2/c1-12-8-14(10-28-15(27)9-13-6-4-3-5-7-13)29-19(12)26-11-23-16-17(22-2)24-20(21)25-18(16)26;9-8(10)6-7-4-2-1-3-5-7/h3-7,11-12,14,19H,8-10H2,1-2H3,(H3,21,22,24,25);7H,1-6H2,(H,9,10). The molecule has 0 bridgehead atoms. The third kappa shape index (κ3) is 7.66. The van der Waals surface area contributed by atoms with Crippen LogP contribution in [0.1, 0.15) is 63.7 Å². The van der Waals surface area contributed by atoms with Crippen molar-refractivity contribution >= 4 is 34.9 Å². The number of carboxylic acid groups (broad SMARTS) is 1. The van der Waals surface area contributed by atoms with Crippen molar-refractivity contribution in [3.8, 4) is 0 Å². The lowest BCUT2D eigenvalue weighted by atomic mass is 9.87. The summed E-state index contributed by atoms with van der Waals surface area (Å²) >= 11 is 0. The molecule has 0 spiro atoms. The van der Waals surface area contributed by atoms with Crippen LogP contribution in [0.3, 0.4) is 0 Å². The summed E-state index contributed by atoms with van der Waals surface area (Å²) < 4.78 is 13.5. The number of nitrogens with one attached hydrogen (secondary N) is 1. The molecule has 3 heterocycles. The Kier molecular flexibility index (Phi) is 9.69. The van der Waals surface area contributed by atoms with Crippen LogP contribution >= 0.6 is 0 Å². The second-order valence-electron chi connectivity index (χ2n) is 10.3. The molecule has 0 radical (unpaired) electrons. The van der Waals surface area contributed by atoms with Gasteiger partial charge in [-0.2, -0.15) is 9.97 Å². The van der Waals surface area contributed by atoms with E-state index < -0.39 is 5.97 Å². The zero-order chi connectivity index (χ0) is 27.8. The highest BCUT2D eigenvalue weighted by Crippen LogP contribution is 2.36. The molecule has 4 N–H and O–H groups in total. The van der Waals surface area contributed by atoms with Gasteiger partial charge in [0.2, 0.25) is 5.95 Å². The molecular weight excluding hydrogens is 500 g/mol. The summed E-state index contributed by atoms with van der Waals surface area (Å²) in [6.07, 6.45) is 8.67. The number of ether oxygens (including phenoxy) is 2. The number of carbonyl (C=O) groups is 2. The summed E-state index contributed by atoms with van der Waals surface area (Å²) in [7, 11) is 1.76. The van der Waals surface area contributed by atoms with Crippen molar-refractivity contribution in [3.63, 3.8) is 0 Å². The Labute approximate surface area is 228 Å². The first-order valence-electron chi connectivity index (χ1n) is 13.6. The third-order valence-electron chi connectivity index (χ3n) is 7.21. The first kappa shape index (κ1) is 28.3. The summed E-state index contributed by atoms with van der Waals surface area (Å²) in [4.78, 5) is 35.3. The Hall–Kier alpha value is -3.73. The molecule has 210 valence electrons. The van der Waals surface area contributed by atoms with Crippen molar-refractivity contribution in [3.05, 3.63) is 42.2 Å². The van der Waals surface area contributed by atoms with E-state index in [2.05, 4.69) is 27.2 Å². The Morgan fingerprint density at radius 3 is 2.62 bits per heavy atom. The Morgan fingerprint density at radius 2 is 1.92 bits per heavy atom. The van der Waals surface area contributed by atoms with Crippen LogP contribution in [0.25, 0.3) is 11.2 Å². The van der Waals surface area contributed by atoms with Crippen LogP contribution in [0.15, 0.2) is 36.7 Å². The van der Waals surface area contributed by atoms with Crippen molar-refractivity contribution in [1.29, 1.82) is 0 Å². The lowest BCUT2D eigenvalue weighted by Crippen LogP contribution is -2.20. The Balaban J connectivity index is 0.000000298. The number of aromatic nitrogens is 4. The van der Waals surface area contributed by atoms with Gasteiger partial charge in [-0.25, -0.2) is 4.98 Å². The molecule has 1 aliphatic carbocycles. The number of fused-ring (bicyclic) bond motifs is 1. The number of anilines is 2. The minimum atomic E-state index is -0.632. The van der Waals surface area contributed by atoms with Gasteiger partial charge < -0.3 is 25.6 Å². The zero-order valence-electron chi connectivity index (χ0n) is 22.6. The van der Waals surface area contributed by atoms with E-state index in [0.29, 0.717) is 29.3 Å². The van der Waals surface area contributed by atoms with Crippen LogP contribution in [0.5, 0.6) is 0 Å². The van der Waals surface area contributed by atoms with Gasteiger partial charge in [0.25, 0.3) is 0 Å². The van der Waals surface area contributed by atoms with Gasteiger partial charge in [0, 0.05) is 19.4 Å². The number of hydrogen-bond acceptors (Lipinski definition) is 9. The van der Waals surface area contributed by atoms with E-state index in [-0.39, 0.29) is 43.2 Å². The normalized spacial score (nSPS) is 21.2. The second kappa shape index (κ2) is 13.4. The van der Waals surface area contributed by atoms with Crippen LogP contribution in [-0.4, -0.2) is 56.3 Å². The minimum absolute atomic E-state index is 0.167. The quantitative estimate of drug-likeness (QED) is 0.355. The molecule has 1 aliphatic heterocycles. The number of nitrogens with two attached hydrogens (primary N) is 1. The largest absolute Gasteiger partial charge is 0.481 e. The molecule has 0 amide bonds. The van der Waals surface area contributed by atoms with Gasteiger partial charge in [-0.15, -0.1) is 0 Å². The number of benzene rings is 1. The maximum absolute atomic E-state index is 12.1. The topological polar surface area (TPSA) is 154 Å². The first-order valence-corrected chi connectivity index (χ1v) is 13.6. The van der Waals surface area contributed by atoms with Gasteiger partial charge >= 0.3 is 11.9 Å². The molecule has 11 nitrogen and oxygen atoms in total. The number of rotatable bonds is 8. The average molecular weight is 539 g/mol. The molecule has 2 aromatic heterocycles. The number of carboxylic acids is 1. The zero-order valence-corrected chi connectivity index (χ0v) is 22.6. The number of aliphatic carboxylic acids is 1. The Bertz CT molecular complexity index is 1240. The van der Waals surface area contributed by atoms with E-state index in [4.69, 9.17) is 20.3 Å². The van der Waals surface area contributed by atoms with Gasteiger partial charge in [0.15, 0.2) is 17.0 Å². The van der Waals surface area contributed by atoms with E-state index >= 15 is 0 Å². The lowest BCUT2D eigenvalue weighted by Gasteiger charge is -2.18. The molecular formula is C28H38N6O5. The number of esters is 1. The highest BCUT2D eigenvalue weighted by Gasteiger charge is 2.35. The van der Waals surface area contributed by atoms with Crippen molar-refractivity contribution in [2.75, 3.05) is 24.7 Å². The maximum Gasteiger partial charge on any atom is 0.310 e. The molecule has 1 saturated carbocycles. The predicted molar refractivity (Wildman–Crippen MR) is 147 cm³/mol. The monoisotopic (exact) mass is 538 g/mol. The van der Waals surface area contributed by atoms with Gasteiger partial charge in [-0.3, -0.25) is 14.2 Å². The minimum Gasteiger partial charge on any atom is -0.481 e. The molecule has 3 unspecified atom stereocenters. The van der Waals surface area contributed by atoms with Crippen LogP contribution in [-0.2, 0) is 25.5 Å². The smallest absolute Gasteiger partial charge is 0.310 e. The molecule has 39 heavy (non-hydrogen) atoms. The summed E-state index contributed by atoms with van der Waals surface area (Å²) in [6.45, 7) is 2.31. The number of imidazole rings is 1. The molecule has 11 heteroatoms. The first-order chi connectivity index (χ1) is 18.8. The van der Waals surface area contributed by atoms with E-state index in [1.165, 1.54) is 19.3 Å². The fourth-order valence-corrected chi connectivity index (χ4v) is 5.30. The van der Waals surface area contributed by atoms with Crippen molar-refractivity contribution in [2.24, 2.45) is 11.8 Å². The molecule has 2 aliphatic rings. The molecule has 2 fully saturated rings. The number of nitrogens with zero attached hydrogens (tertiary/aromatic N) is 4. The number of nitrogen functional groups attached to an aromatic ring is 1. The highest BCUT2D eigenvalue weighted by molar-refractivity contribution is 5.84. The van der Waals surface area contributed by atoms with Crippen LogP contribution < -0.4 is 11.1 Å². The van der Waals surface area contributed by atoms with Crippen LogP contribution in [0.4, 0.5) is 11.8 Å². The molecule has 1 saturated heterocycles. The van der Waals surface area contributed by atoms with Crippen molar-refractivity contribution in [2.45, 2.75) is 70.6 Å². The summed E-state index contributed by atoms with van der Waals surface area (Å²) in [5, 5.41) is 11.4. The van der Waals surface area contributed by atoms with Crippen molar-refractivity contribution < 1.29 is 24.2 Å². The molecule has 5 rings (SSSR count). The van der Waals surface area contributed by atoms with Crippen LogP contribution in [0.2, 0.25) is 0 Å². The summed E-state index contributed by atoms with van der Waals surface area (Å²) in [5.41, 5.74) is 8.01. The fourth-order valence-electron chi connectivity index (χ4n) is 5.30. The predicted octanol–water partition coefficient (Wildman–Crippen LogP) is 4.20. The van der Waals surface area contributed by atoms with E-state index in [1.54, 1.807) is 13.4 Å². The molecule has 1 aromatic carbocycles. The summed E-state index contributed by atoms with van der Waals surface area (Å²) in [5.74, 6) is 0.518. The van der Waals surface area contributed by atoms with Gasteiger partial charge in [-0.05, 0) is 30.7 Å². The van der Waals surface area contributed by atoms with Gasteiger partial charge in [0.1, 0.15) is 12.8 Å². The fraction of sp³-hybridized carbons (Fsp3) is 0.536. The van der Waals surface area contributed by atoms with E-state index in [0.717, 1.165) is 24.8 Å². The third-order valence-corrected chi connectivity index (χ3v) is 7.21. The van der Waals surface area contributed by atoms with Crippen LogP contribution in [0, 0.1) is 11.8 Å². The number of carbonyl (C=O) groups excluding carboxylic acids is 1. The van der Waals surface area contributed by atoms with Gasteiger partial charge in [0.05, 0.1) is 18.9 Å².